The minimum Gasteiger partial charge on any atom is -0.484 e. The second-order valence-corrected chi connectivity index (χ2v) is 27.3. The van der Waals surface area contributed by atoms with Gasteiger partial charge in [-0.05, 0) is 156 Å². The summed E-state index contributed by atoms with van der Waals surface area (Å²) < 4.78 is 68.2. The van der Waals surface area contributed by atoms with Gasteiger partial charge in [-0.25, -0.2) is 9.48 Å². The number of halogens is 4. The van der Waals surface area contributed by atoms with Crippen molar-refractivity contribution in [2.24, 2.45) is 35.5 Å². The van der Waals surface area contributed by atoms with Crippen LogP contribution in [-0.4, -0.2) is 187 Å². The van der Waals surface area contributed by atoms with Crippen molar-refractivity contribution in [2.45, 2.75) is 180 Å². The van der Waals surface area contributed by atoms with Crippen LogP contribution < -0.4 is 15.4 Å². The number of nitrogens with one attached hydrogen (secondary N) is 2. The summed E-state index contributed by atoms with van der Waals surface area (Å²) in [5.74, 6) is -11.6. The largest absolute Gasteiger partial charge is 0.484 e. The molecule has 23 nitrogen and oxygen atoms in total. The first kappa shape index (κ1) is 75.4. The quantitative estimate of drug-likeness (QED) is 0.0361. The van der Waals surface area contributed by atoms with Crippen molar-refractivity contribution in [2.75, 3.05) is 57.1 Å². The van der Waals surface area contributed by atoms with Crippen LogP contribution in [0.4, 0.5) is 24.5 Å². The van der Waals surface area contributed by atoms with E-state index in [1.165, 1.54) is 61.4 Å². The van der Waals surface area contributed by atoms with Crippen molar-refractivity contribution in [1.29, 1.82) is 0 Å². The zero-order valence-electron chi connectivity index (χ0n) is 55.9. The molecule has 2 aromatic carbocycles. The molecular weight excluding hydrogens is 1290 g/mol. The molecule has 1 saturated carbocycles. The zero-order valence-corrected chi connectivity index (χ0v) is 56.7. The number of allylic oxidation sites excluding steroid dienone is 3. The molecule has 3 saturated heterocycles. The van der Waals surface area contributed by atoms with Crippen LogP contribution in [0, 0.1) is 35.5 Å². The number of esters is 1. The van der Waals surface area contributed by atoms with Gasteiger partial charge in [0.2, 0.25) is 17.6 Å². The van der Waals surface area contributed by atoms with Crippen molar-refractivity contribution < 1.29 is 90.9 Å². The summed E-state index contributed by atoms with van der Waals surface area (Å²) >= 11 is 6.13. The SMILES string of the molecule is C=CC(=O)Nc1cc(Cl)cc(NC(=O)c2cnn(-c3ccc(OCC(=O)N4CCN(C(=O)CCC[C@@H]5/C=C(\C)C[C@H](C)C[C@H](C)[C@H]6O[C@@](O)(C(=O)C(=O)N7CCCC[C@H]7C(=O)O[C@H](/C(C)=C/[C@@H]7CC[C@@H](O)[C@H](OC)C7)[C@H](C)[C@@H](O)CC5=O)[C@H](C)C[C@@H]6O)CC4)cc3)c2C(F)(F)F)c1. The Hall–Kier alpha value is -7.33. The van der Waals surface area contributed by atoms with Gasteiger partial charge in [0.15, 0.2) is 12.3 Å². The van der Waals surface area contributed by atoms with Gasteiger partial charge in [0, 0.05) is 86.8 Å². The van der Waals surface area contributed by atoms with Crippen molar-refractivity contribution in [3.05, 3.63) is 101 Å². The highest BCUT2D eigenvalue weighted by Crippen LogP contribution is 2.41. The first-order valence-corrected chi connectivity index (χ1v) is 33.7. The number of piperidine rings is 1. The fourth-order valence-electron chi connectivity index (χ4n) is 14.1. The number of aliphatic hydroxyl groups excluding tert-OH is 3. The number of nitrogens with zero attached hydrogens (tertiary/aromatic N) is 5. The molecule has 27 heteroatoms. The van der Waals surface area contributed by atoms with Gasteiger partial charge >= 0.3 is 12.1 Å². The van der Waals surface area contributed by atoms with Gasteiger partial charge in [-0.3, -0.25) is 33.6 Å². The normalized spacial score (nSPS) is 29.8. The molecule has 14 atom stereocenters. The maximum Gasteiger partial charge on any atom is 0.434 e. The third kappa shape index (κ3) is 18.9. The highest BCUT2D eigenvalue weighted by Gasteiger charge is 2.56. The molecule has 1 aromatic heterocycles. The predicted molar refractivity (Wildman–Crippen MR) is 351 cm³/mol. The number of fused-ring (bicyclic) bond motifs is 3. The molecule has 0 spiro atoms. The number of ether oxygens (including phenoxy) is 4. The van der Waals surface area contributed by atoms with E-state index >= 15 is 0 Å². The van der Waals surface area contributed by atoms with Crippen LogP contribution in [0.2, 0.25) is 5.02 Å². The second kappa shape index (κ2) is 33.0. The summed E-state index contributed by atoms with van der Waals surface area (Å²) in [4.78, 5) is 115. The van der Waals surface area contributed by atoms with Gasteiger partial charge in [-0.15, -0.1) is 0 Å². The summed E-state index contributed by atoms with van der Waals surface area (Å²) in [5.41, 5.74) is -0.723. The van der Waals surface area contributed by atoms with E-state index in [0.717, 1.165) is 22.7 Å². The molecule has 5 aliphatic rings. The number of anilines is 2. The van der Waals surface area contributed by atoms with Crippen LogP contribution in [0.15, 0.2) is 84.6 Å². The van der Waals surface area contributed by atoms with Crippen LogP contribution in [0.5, 0.6) is 5.75 Å². The lowest BCUT2D eigenvalue weighted by Crippen LogP contribution is -2.63. The number of alkyl halides is 3. The van der Waals surface area contributed by atoms with Gasteiger partial charge in [-0.1, -0.05) is 63.6 Å². The third-order valence-electron chi connectivity index (χ3n) is 19.4. The van der Waals surface area contributed by atoms with E-state index in [-0.39, 0.29) is 123 Å². The van der Waals surface area contributed by atoms with Crippen molar-refractivity contribution in [3.63, 3.8) is 0 Å². The number of ketones is 2. The third-order valence-corrected chi connectivity index (χ3v) is 19.6. The number of piperazine rings is 1. The summed E-state index contributed by atoms with van der Waals surface area (Å²) in [6.45, 7) is 14.3. The molecule has 0 unspecified atom stereocenters. The highest BCUT2D eigenvalue weighted by molar-refractivity contribution is 6.39. The first-order valence-electron chi connectivity index (χ1n) is 33.3. The molecule has 2 bridgehead atoms. The van der Waals surface area contributed by atoms with E-state index in [0.29, 0.717) is 55.2 Å². The monoisotopic (exact) mass is 1380 g/mol. The average Bonchev–Trinajstić information content (AvgIpc) is 1.57. The fourth-order valence-corrected chi connectivity index (χ4v) is 14.4. The maximum absolute atomic E-state index is 14.7. The Bertz CT molecular complexity index is 3430. The Labute approximate surface area is 567 Å². The molecule has 0 radical (unpaired) electrons. The fraction of sp³-hybridized carbons (Fsp3) is 0.586. The van der Waals surface area contributed by atoms with Gasteiger partial charge in [0.05, 0.1) is 48.0 Å². The number of hydrogen-bond acceptors (Lipinski definition) is 17. The van der Waals surface area contributed by atoms with Crippen LogP contribution >= 0.6 is 11.6 Å². The molecule has 3 aromatic rings. The lowest BCUT2D eigenvalue weighted by molar-refractivity contribution is -0.292. The Morgan fingerprint density at radius 1 is 0.856 bits per heavy atom. The molecule has 4 fully saturated rings. The summed E-state index contributed by atoms with van der Waals surface area (Å²) in [7, 11) is 1.52. The lowest BCUT2D eigenvalue weighted by atomic mass is 9.79. The topological polar surface area (TPSA) is 306 Å². The minimum absolute atomic E-state index is 0.00605. The summed E-state index contributed by atoms with van der Waals surface area (Å²) in [6.07, 6.45) is -1.58. The number of methoxy groups -OCH3 is 1. The van der Waals surface area contributed by atoms with E-state index in [2.05, 4.69) is 22.3 Å². The molecular formula is C70H91ClF3N7O16. The van der Waals surface area contributed by atoms with Gasteiger partial charge in [0.25, 0.3) is 23.5 Å². The maximum atomic E-state index is 14.7. The lowest BCUT2D eigenvalue weighted by Gasteiger charge is -2.46. The second-order valence-electron chi connectivity index (χ2n) is 26.9. The Balaban J connectivity index is 0.915. The number of carbonyl (C=O) groups is 8. The number of amides is 5. The van der Waals surface area contributed by atoms with Crippen LogP contribution in [0.1, 0.15) is 141 Å². The smallest absolute Gasteiger partial charge is 0.434 e. The number of Topliss-reactive ketones (excluding diaryl/α,β-unsaturated/α-hetero) is 2. The Morgan fingerprint density at radius 2 is 1.53 bits per heavy atom. The van der Waals surface area contributed by atoms with Crippen molar-refractivity contribution in [3.8, 4) is 11.4 Å². The number of aromatic nitrogens is 2. The number of hydrogen-bond donors (Lipinski definition) is 6. The number of carbonyl (C=O) groups excluding carboxylic acids is 8. The predicted octanol–water partition coefficient (Wildman–Crippen LogP) is 8.18. The van der Waals surface area contributed by atoms with E-state index in [4.69, 9.17) is 30.5 Å². The number of cyclic esters (lactones) is 1. The average molecular weight is 1380 g/mol. The molecule has 5 heterocycles. The Kier molecular flexibility index (Phi) is 25.7. The zero-order chi connectivity index (χ0) is 70.8. The van der Waals surface area contributed by atoms with E-state index < -0.39 is 132 Å². The molecule has 8 rings (SSSR count). The number of aliphatic hydroxyl groups is 4. The van der Waals surface area contributed by atoms with E-state index in [9.17, 15) is 72.0 Å². The van der Waals surface area contributed by atoms with Gasteiger partial charge < -0.3 is 64.7 Å². The molecule has 4 aliphatic heterocycles. The highest BCUT2D eigenvalue weighted by atomic mass is 35.5. The summed E-state index contributed by atoms with van der Waals surface area (Å²) in [6, 6.07) is 7.93. The number of rotatable bonds is 15. The molecule has 1 aliphatic carbocycles. The molecule has 530 valence electrons. The minimum atomic E-state index is -5.05. The first-order chi connectivity index (χ1) is 45.9. The Morgan fingerprint density at radius 3 is 2.19 bits per heavy atom. The van der Waals surface area contributed by atoms with Gasteiger partial charge in [-0.2, -0.15) is 18.3 Å². The standard InChI is InChI=1S/C70H91ClF3N7O16/c1-9-59(86)76-48-33-47(71)34-49(35-48)77-66(90)52-37-75-81(64(52)70(72,73)74)50-17-19-51(20-18-50)95-38-61(88)79-25-23-78(24-26-79)60(87)15-12-13-46-29-40(3)27-39(2)28-41(4)63-57(85)31-43(6)69(93,97-63)65(89)67(91)80-22-11-10-14-53(80)68(92)96-62(44(7)55(83)36-56(46)84)42(5)30-45-16-21-54(82)58(32-45)94-8/h9,17-20,29-30,33-35,37,39,41,43-46,53-55,57-58,62-63,82-83,85,93H,1,10-16,21-28,31-32,36,38H2,2-8H3,(H,76,86)(H,77,90)/b40-29+,42-30+/t39-,41-,43+,44+,45-,46+,53-,54+,55-,57-,58+,62+,63+,69+/m0/s1. The van der Waals surface area contributed by atoms with E-state index in [1.54, 1.807) is 18.7 Å². The van der Waals surface area contributed by atoms with Crippen LogP contribution in [0.3, 0.4) is 0 Å². The van der Waals surface area contributed by atoms with Gasteiger partial charge in [0.1, 0.15) is 23.7 Å². The molecule has 97 heavy (non-hydrogen) atoms. The number of benzene rings is 2. The van der Waals surface area contributed by atoms with Crippen molar-refractivity contribution in [1.82, 2.24) is 24.5 Å². The van der Waals surface area contributed by atoms with E-state index in [1.807, 2.05) is 32.9 Å². The van der Waals surface area contributed by atoms with Crippen molar-refractivity contribution >= 4 is 70.0 Å². The summed E-state index contributed by atoms with van der Waals surface area (Å²) in [5, 5.41) is 55.0. The molecule has 5 amide bonds. The van der Waals surface area contributed by atoms with Crippen LogP contribution in [-0.2, 0) is 53.9 Å². The van der Waals surface area contributed by atoms with Crippen LogP contribution in [0.25, 0.3) is 5.69 Å². The molecule has 6 N–H and O–H groups in total.